The van der Waals surface area contributed by atoms with Crippen molar-refractivity contribution in [3.63, 3.8) is 0 Å². The van der Waals surface area contributed by atoms with Crippen LogP contribution in [0.1, 0.15) is 57.4 Å². The second-order valence-corrected chi connectivity index (χ2v) is 11.9. The van der Waals surface area contributed by atoms with Crippen LogP contribution in [0.5, 0.6) is 5.75 Å². The van der Waals surface area contributed by atoms with Gasteiger partial charge in [0.15, 0.2) is 0 Å². The van der Waals surface area contributed by atoms with E-state index < -0.39 is 21.7 Å². The number of benzene rings is 1. The Balaban J connectivity index is 1.88. The number of carboxylic acid groups (broad SMARTS) is 1. The van der Waals surface area contributed by atoms with Crippen LogP contribution in [0.2, 0.25) is 0 Å². The van der Waals surface area contributed by atoms with Crippen LogP contribution in [0, 0.1) is 0 Å². The summed E-state index contributed by atoms with van der Waals surface area (Å²) in [6, 6.07) is 4.98. The Hall–Kier alpha value is -2.21. The van der Waals surface area contributed by atoms with Gasteiger partial charge in [-0.3, -0.25) is 0 Å². The van der Waals surface area contributed by atoms with Gasteiger partial charge in [0.2, 0.25) is 10.0 Å². The van der Waals surface area contributed by atoms with Crippen LogP contribution < -0.4 is 20.5 Å². The average Bonchev–Trinajstić information content (AvgIpc) is 3.20. The van der Waals surface area contributed by atoms with Gasteiger partial charge in [0, 0.05) is 41.9 Å². The van der Waals surface area contributed by atoms with Gasteiger partial charge in [-0.25, -0.2) is 22.9 Å². The third-order valence-corrected chi connectivity index (χ3v) is 8.25. The van der Waals surface area contributed by atoms with E-state index in [2.05, 4.69) is 15.0 Å². The van der Waals surface area contributed by atoms with Crippen LogP contribution in [-0.2, 0) is 10.0 Å². The zero-order chi connectivity index (χ0) is 24.2. The predicted molar refractivity (Wildman–Crippen MR) is 128 cm³/mol. The van der Waals surface area contributed by atoms with Gasteiger partial charge >= 0.3 is 6.09 Å². The summed E-state index contributed by atoms with van der Waals surface area (Å²) in [7, 11) is -3.82. The van der Waals surface area contributed by atoms with Gasteiger partial charge in [0.25, 0.3) is 0 Å². The van der Waals surface area contributed by atoms with Crippen LogP contribution >= 0.6 is 11.3 Å². The molecule has 11 heteroatoms. The summed E-state index contributed by atoms with van der Waals surface area (Å²) >= 11 is 1.48. The summed E-state index contributed by atoms with van der Waals surface area (Å²) < 4.78 is 34.8. The summed E-state index contributed by atoms with van der Waals surface area (Å²) in [5.41, 5.74) is 5.43. The number of hydrogen-bond acceptors (Lipinski definition) is 7. The number of nitrogens with one attached hydrogen (secondary N) is 2. The average molecular weight is 497 g/mol. The van der Waals surface area contributed by atoms with Crippen LogP contribution in [-0.4, -0.2) is 49.3 Å². The number of rotatable bonds is 8. The molecule has 1 saturated carbocycles. The summed E-state index contributed by atoms with van der Waals surface area (Å²) in [5, 5.41) is 12.4. The van der Waals surface area contributed by atoms with E-state index >= 15 is 0 Å². The van der Waals surface area contributed by atoms with Crippen LogP contribution in [0.4, 0.5) is 4.79 Å². The lowest BCUT2D eigenvalue weighted by Gasteiger charge is -2.27. The van der Waals surface area contributed by atoms with E-state index in [-0.39, 0.29) is 23.5 Å². The zero-order valence-electron chi connectivity index (χ0n) is 19.1. The molecule has 0 atom stereocenters. The van der Waals surface area contributed by atoms with E-state index in [1.165, 1.54) is 17.4 Å². The molecule has 182 valence electrons. The molecule has 0 bridgehead atoms. The Morgan fingerprint density at radius 3 is 2.58 bits per heavy atom. The molecule has 5 N–H and O–H groups in total. The van der Waals surface area contributed by atoms with Gasteiger partial charge in [-0.15, -0.1) is 11.3 Å². The maximum absolute atomic E-state index is 13.2. The molecule has 1 aromatic heterocycles. The lowest BCUT2D eigenvalue weighted by atomic mass is 9.86. The predicted octanol–water partition coefficient (Wildman–Crippen LogP) is 3.52. The van der Waals surface area contributed by atoms with Crippen molar-refractivity contribution in [1.82, 2.24) is 15.0 Å². The Kier molecular flexibility index (Phi) is 7.99. The molecule has 1 fully saturated rings. The van der Waals surface area contributed by atoms with Crippen LogP contribution in [0.25, 0.3) is 10.4 Å². The lowest BCUT2D eigenvalue weighted by molar-refractivity contribution is 0.185. The molecule has 0 spiro atoms. The van der Waals surface area contributed by atoms with Crippen molar-refractivity contribution in [3.8, 4) is 16.2 Å². The van der Waals surface area contributed by atoms with E-state index in [0.717, 1.165) is 35.6 Å². The van der Waals surface area contributed by atoms with Crippen LogP contribution in [0.3, 0.4) is 0 Å². The van der Waals surface area contributed by atoms with Crippen molar-refractivity contribution in [3.05, 3.63) is 29.4 Å². The molecule has 0 unspecified atom stereocenters. The van der Waals surface area contributed by atoms with Gasteiger partial charge in [0.1, 0.15) is 12.4 Å². The molecular formula is C22H32N4O5S2. The Morgan fingerprint density at radius 2 is 1.97 bits per heavy atom. The third-order valence-electron chi connectivity index (χ3n) is 5.26. The van der Waals surface area contributed by atoms with Crippen molar-refractivity contribution < 1.29 is 23.1 Å². The van der Waals surface area contributed by atoms with Crippen molar-refractivity contribution >= 4 is 27.5 Å². The van der Waals surface area contributed by atoms with Gasteiger partial charge in [-0.2, -0.15) is 0 Å². The molecule has 9 nitrogen and oxygen atoms in total. The number of sulfonamides is 1. The number of thiazole rings is 1. The zero-order valence-corrected chi connectivity index (χ0v) is 20.8. The summed E-state index contributed by atoms with van der Waals surface area (Å²) in [5.74, 6) is 0.669. The quantitative estimate of drug-likeness (QED) is 0.438. The Bertz CT molecular complexity index is 1070. The first-order valence-corrected chi connectivity index (χ1v) is 13.2. The number of aromatic nitrogens is 1. The minimum Gasteiger partial charge on any atom is -0.492 e. The summed E-state index contributed by atoms with van der Waals surface area (Å²) in [6.07, 6.45) is 3.91. The lowest BCUT2D eigenvalue weighted by Crippen LogP contribution is -2.40. The smallest absolute Gasteiger partial charge is 0.404 e. The fourth-order valence-electron chi connectivity index (χ4n) is 3.91. The second-order valence-electron chi connectivity index (χ2n) is 9.21. The van der Waals surface area contributed by atoms with E-state index in [1.807, 2.05) is 0 Å². The van der Waals surface area contributed by atoms with E-state index in [4.69, 9.17) is 15.6 Å². The highest BCUT2D eigenvalue weighted by molar-refractivity contribution is 7.89. The molecule has 0 aliphatic heterocycles. The number of nitrogens with two attached hydrogens (primary N) is 1. The molecule has 0 saturated heterocycles. The first-order valence-electron chi connectivity index (χ1n) is 10.9. The molecule has 1 heterocycles. The first-order chi connectivity index (χ1) is 15.5. The fraction of sp³-hybridized carbons (Fsp3) is 0.545. The normalized spacial score (nSPS) is 19.3. The number of hydrogen-bond donors (Lipinski definition) is 4. The van der Waals surface area contributed by atoms with Crippen molar-refractivity contribution in [1.29, 1.82) is 0 Å². The van der Waals surface area contributed by atoms with Gasteiger partial charge in [0.05, 0.1) is 14.8 Å². The highest BCUT2D eigenvalue weighted by atomic mass is 32.2. The largest absolute Gasteiger partial charge is 0.492 e. The molecule has 33 heavy (non-hydrogen) atoms. The fourth-order valence-corrected chi connectivity index (χ4v) is 6.76. The van der Waals surface area contributed by atoms with Gasteiger partial charge < -0.3 is 20.9 Å². The van der Waals surface area contributed by atoms with Crippen molar-refractivity contribution in [2.75, 3.05) is 13.2 Å². The highest BCUT2D eigenvalue weighted by Gasteiger charge is 2.28. The Labute approximate surface area is 198 Å². The van der Waals surface area contributed by atoms with Crippen molar-refractivity contribution in [2.45, 2.75) is 68.8 Å². The molecular weight excluding hydrogens is 464 g/mol. The summed E-state index contributed by atoms with van der Waals surface area (Å²) in [6.45, 7) is 5.99. The minimum atomic E-state index is -3.82. The number of amides is 1. The number of nitrogens with zero attached hydrogens (tertiary/aromatic N) is 1. The monoisotopic (exact) mass is 496 g/mol. The maximum Gasteiger partial charge on any atom is 0.404 e. The number of carbonyl (C=O) groups is 1. The molecule has 2 aromatic rings. The standard InChI is InChI=1S/C22H32N4O5S2/c1-22(2,3)26-33(29,30)19-12-16(31-11-10-23)8-9-17(19)18-13-24-20(32-18)14-4-6-15(7-5-14)25-21(27)28/h8-9,12-15,25-26H,4-7,10-11,23H2,1-3H3,(H,27,28)/t14-,15-. The third kappa shape index (κ3) is 6.89. The van der Waals surface area contributed by atoms with Crippen LogP contribution in [0.15, 0.2) is 29.3 Å². The maximum atomic E-state index is 13.2. The minimum absolute atomic E-state index is 0.0283. The molecule has 1 amide bonds. The van der Waals surface area contributed by atoms with Crippen molar-refractivity contribution in [2.24, 2.45) is 5.73 Å². The second kappa shape index (κ2) is 10.4. The summed E-state index contributed by atoms with van der Waals surface area (Å²) in [4.78, 5) is 16.4. The Morgan fingerprint density at radius 1 is 1.27 bits per heavy atom. The SMILES string of the molecule is CC(C)(C)NS(=O)(=O)c1cc(OCCN)ccc1-c1cnc([C@H]2CC[C@H](NC(=O)O)CC2)s1. The van der Waals surface area contributed by atoms with E-state index in [9.17, 15) is 13.2 Å². The first kappa shape index (κ1) is 25.4. The molecule has 1 aromatic carbocycles. The topological polar surface area (TPSA) is 144 Å². The molecule has 0 radical (unpaired) electrons. The number of ether oxygens (including phenoxy) is 1. The molecule has 1 aliphatic rings. The highest BCUT2D eigenvalue weighted by Crippen LogP contribution is 2.40. The van der Waals surface area contributed by atoms with Gasteiger partial charge in [-0.05, 0) is 58.6 Å². The van der Waals surface area contributed by atoms with E-state index in [0.29, 0.717) is 17.9 Å². The van der Waals surface area contributed by atoms with Gasteiger partial charge in [-0.1, -0.05) is 0 Å². The van der Waals surface area contributed by atoms with E-state index in [1.54, 1.807) is 39.1 Å². The molecule has 1 aliphatic carbocycles. The molecule has 3 rings (SSSR count).